The first kappa shape index (κ1) is 16.8. The van der Waals surface area contributed by atoms with Gasteiger partial charge in [-0.05, 0) is 24.4 Å². The van der Waals surface area contributed by atoms with E-state index in [1.54, 1.807) is 14.2 Å². The van der Waals surface area contributed by atoms with Crippen LogP contribution in [0.3, 0.4) is 0 Å². The number of piperazine rings is 1. The number of hydrogen-bond acceptors (Lipinski definition) is 5. The van der Waals surface area contributed by atoms with Crippen LogP contribution in [0, 0.1) is 0 Å². The van der Waals surface area contributed by atoms with Crippen molar-refractivity contribution >= 4 is 23.0 Å². The van der Waals surface area contributed by atoms with Crippen LogP contribution < -0.4 is 14.8 Å². The lowest BCUT2D eigenvalue weighted by Gasteiger charge is -2.36. The van der Waals surface area contributed by atoms with E-state index in [9.17, 15) is 0 Å². The number of aliphatic hydroxyl groups is 1. The molecule has 1 aromatic carbocycles. The Bertz CT molecular complexity index is 505. The summed E-state index contributed by atoms with van der Waals surface area (Å²) in [7, 11) is 3.26. The van der Waals surface area contributed by atoms with E-state index in [1.165, 1.54) is 0 Å². The standard InChI is InChI=1S/C15H23N3O3S/c1-20-12-3-4-14(21-2)13(11-12)16-15(22)18-7-5-17(6-8-18)9-10-19/h3-4,11,19H,5-10H2,1-2H3,(H,16,22). The molecule has 122 valence electrons. The molecule has 7 heteroatoms. The lowest BCUT2D eigenvalue weighted by atomic mass is 10.2. The van der Waals surface area contributed by atoms with Crippen LogP contribution in [0.15, 0.2) is 18.2 Å². The van der Waals surface area contributed by atoms with Crippen molar-refractivity contribution in [2.24, 2.45) is 0 Å². The minimum absolute atomic E-state index is 0.198. The summed E-state index contributed by atoms with van der Waals surface area (Å²) in [5.41, 5.74) is 0.796. The second-order valence-corrected chi connectivity index (χ2v) is 5.44. The highest BCUT2D eigenvalue weighted by molar-refractivity contribution is 7.80. The van der Waals surface area contributed by atoms with Crippen molar-refractivity contribution in [1.82, 2.24) is 9.80 Å². The average molecular weight is 325 g/mol. The largest absolute Gasteiger partial charge is 0.497 e. The second kappa shape index (κ2) is 8.17. The number of hydrogen-bond donors (Lipinski definition) is 2. The van der Waals surface area contributed by atoms with Gasteiger partial charge < -0.3 is 24.8 Å². The molecule has 1 fully saturated rings. The summed E-state index contributed by atoms with van der Waals surface area (Å²) < 4.78 is 10.6. The zero-order valence-corrected chi connectivity index (χ0v) is 13.9. The number of ether oxygens (including phenoxy) is 2. The van der Waals surface area contributed by atoms with Gasteiger partial charge in [0.05, 0.1) is 26.5 Å². The lowest BCUT2D eigenvalue weighted by Crippen LogP contribution is -2.50. The van der Waals surface area contributed by atoms with E-state index >= 15 is 0 Å². The van der Waals surface area contributed by atoms with Crippen LogP contribution in [0.25, 0.3) is 0 Å². The van der Waals surface area contributed by atoms with Gasteiger partial charge in [0.2, 0.25) is 0 Å². The maximum absolute atomic E-state index is 8.98. The summed E-state index contributed by atoms with van der Waals surface area (Å²) in [6.45, 7) is 4.41. The number of anilines is 1. The SMILES string of the molecule is COc1ccc(OC)c(NC(=S)N2CCN(CCO)CC2)c1. The third kappa shape index (κ3) is 4.22. The molecule has 0 amide bonds. The maximum Gasteiger partial charge on any atom is 0.173 e. The molecule has 2 rings (SSSR count). The molecule has 1 aliphatic heterocycles. The Morgan fingerprint density at radius 2 is 1.95 bits per heavy atom. The number of thiocarbonyl (C=S) groups is 1. The van der Waals surface area contributed by atoms with E-state index in [4.69, 9.17) is 26.8 Å². The normalized spacial score (nSPS) is 15.5. The predicted octanol–water partition coefficient (Wildman–Crippen LogP) is 1.01. The molecule has 1 heterocycles. The molecule has 1 aromatic rings. The smallest absolute Gasteiger partial charge is 0.173 e. The zero-order chi connectivity index (χ0) is 15.9. The van der Waals surface area contributed by atoms with E-state index in [-0.39, 0.29) is 6.61 Å². The van der Waals surface area contributed by atoms with Gasteiger partial charge in [0, 0.05) is 38.8 Å². The van der Waals surface area contributed by atoms with E-state index in [2.05, 4.69) is 15.1 Å². The van der Waals surface area contributed by atoms with Crippen molar-refractivity contribution in [3.8, 4) is 11.5 Å². The number of nitrogens with zero attached hydrogens (tertiary/aromatic N) is 2. The first-order chi connectivity index (χ1) is 10.7. The molecule has 0 aromatic heterocycles. The fraction of sp³-hybridized carbons (Fsp3) is 0.533. The topological polar surface area (TPSA) is 57.2 Å². The molecule has 1 saturated heterocycles. The maximum atomic E-state index is 8.98. The molecule has 1 aliphatic rings. The Balaban J connectivity index is 1.97. The number of aliphatic hydroxyl groups excluding tert-OH is 1. The molecule has 6 nitrogen and oxygen atoms in total. The van der Waals surface area contributed by atoms with Crippen molar-refractivity contribution in [3.63, 3.8) is 0 Å². The monoisotopic (exact) mass is 325 g/mol. The van der Waals surface area contributed by atoms with Gasteiger partial charge in [0.1, 0.15) is 11.5 Å². The highest BCUT2D eigenvalue weighted by atomic mass is 32.1. The zero-order valence-electron chi connectivity index (χ0n) is 13.0. The van der Waals surface area contributed by atoms with E-state index in [1.807, 2.05) is 18.2 Å². The number of nitrogens with one attached hydrogen (secondary N) is 1. The molecule has 0 bridgehead atoms. The molecule has 0 saturated carbocycles. The van der Waals surface area contributed by atoms with Crippen molar-refractivity contribution in [1.29, 1.82) is 0 Å². The van der Waals surface area contributed by atoms with Gasteiger partial charge in [-0.15, -0.1) is 0 Å². The van der Waals surface area contributed by atoms with E-state index in [0.717, 1.165) is 49.9 Å². The van der Waals surface area contributed by atoms with Crippen LogP contribution in [0.2, 0.25) is 0 Å². The molecule has 0 aliphatic carbocycles. The van der Waals surface area contributed by atoms with Crippen LogP contribution in [0.5, 0.6) is 11.5 Å². The summed E-state index contributed by atoms with van der Waals surface area (Å²) in [6.07, 6.45) is 0. The Labute approximate surface area is 136 Å². The molecule has 0 atom stereocenters. The summed E-state index contributed by atoms with van der Waals surface area (Å²) in [5.74, 6) is 1.47. The van der Waals surface area contributed by atoms with Crippen LogP contribution in [0.4, 0.5) is 5.69 Å². The van der Waals surface area contributed by atoms with Crippen LogP contribution >= 0.6 is 12.2 Å². The first-order valence-electron chi connectivity index (χ1n) is 7.29. The number of methoxy groups -OCH3 is 2. The van der Waals surface area contributed by atoms with Crippen LogP contribution in [-0.2, 0) is 0 Å². The highest BCUT2D eigenvalue weighted by Crippen LogP contribution is 2.29. The van der Waals surface area contributed by atoms with E-state index < -0.39 is 0 Å². The molecule has 2 N–H and O–H groups in total. The summed E-state index contributed by atoms with van der Waals surface area (Å²) >= 11 is 5.50. The molecule has 0 radical (unpaired) electrons. The summed E-state index contributed by atoms with van der Waals surface area (Å²) in [6, 6.07) is 5.57. The minimum atomic E-state index is 0.198. The van der Waals surface area contributed by atoms with Crippen molar-refractivity contribution in [2.45, 2.75) is 0 Å². The van der Waals surface area contributed by atoms with Gasteiger partial charge in [-0.25, -0.2) is 0 Å². The molecular weight excluding hydrogens is 302 g/mol. The quantitative estimate of drug-likeness (QED) is 0.784. The van der Waals surface area contributed by atoms with Crippen molar-refractivity contribution < 1.29 is 14.6 Å². The van der Waals surface area contributed by atoms with Crippen molar-refractivity contribution in [2.75, 3.05) is 58.9 Å². The average Bonchev–Trinajstić information content (AvgIpc) is 2.55. The van der Waals surface area contributed by atoms with Gasteiger partial charge in [0.25, 0.3) is 0 Å². The van der Waals surface area contributed by atoms with Crippen molar-refractivity contribution in [3.05, 3.63) is 18.2 Å². The van der Waals surface area contributed by atoms with Crippen LogP contribution in [0.1, 0.15) is 0 Å². The van der Waals surface area contributed by atoms with Gasteiger partial charge in [-0.1, -0.05) is 0 Å². The lowest BCUT2D eigenvalue weighted by molar-refractivity contribution is 0.148. The second-order valence-electron chi connectivity index (χ2n) is 5.05. The van der Waals surface area contributed by atoms with Gasteiger partial charge in [0.15, 0.2) is 5.11 Å². The minimum Gasteiger partial charge on any atom is -0.497 e. The Morgan fingerprint density at radius 1 is 1.23 bits per heavy atom. The predicted molar refractivity (Wildman–Crippen MR) is 90.9 cm³/mol. The third-order valence-electron chi connectivity index (χ3n) is 3.72. The first-order valence-corrected chi connectivity index (χ1v) is 7.70. The Hall–Kier alpha value is -1.57. The highest BCUT2D eigenvalue weighted by Gasteiger charge is 2.19. The number of rotatable bonds is 5. The molecular formula is C15H23N3O3S. The van der Waals surface area contributed by atoms with Gasteiger partial charge >= 0.3 is 0 Å². The molecule has 0 spiro atoms. The molecule has 0 unspecified atom stereocenters. The fourth-order valence-corrected chi connectivity index (χ4v) is 2.71. The summed E-state index contributed by atoms with van der Waals surface area (Å²) in [5, 5.41) is 12.9. The Kier molecular flexibility index (Phi) is 6.23. The number of benzene rings is 1. The van der Waals surface area contributed by atoms with Gasteiger partial charge in [-0.2, -0.15) is 0 Å². The third-order valence-corrected chi connectivity index (χ3v) is 4.08. The number of β-amino-alcohol motifs (C(OH)–C–C–N with tert-alkyl or cyclic N) is 1. The summed E-state index contributed by atoms with van der Waals surface area (Å²) in [4.78, 5) is 4.35. The van der Waals surface area contributed by atoms with E-state index in [0.29, 0.717) is 5.11 Å². The Morgan fingerprint density at radius 3 is 2.55 bits per heavy atom. The van der Waals surface area contributed by atoms with Crippen LogP contribution in [-0.4, -0.2) is 73.6 Å². The molecule has 22 heavy (non-hydrogen) atoms. The van der Waals surface area contributed by atoms with Gasteiger partial charge in [-0.3, -0.25) is 4.90 Å². The fourth-order valence-electron chi connectivity index (χ4n) is 2.42.